The van der Waals surface area contributed by atoms with Crippen LogP contribution in [-0.4, -0.2) is 18.9 Å². The Hall–Kier alpha value is -3.62. The highest BCUT2D eigenvalue weighted by atomic mass is 32.1. The quantitative estimate of drug-likeness (QED) is 0.378. The molecule has 4 rings (SSSR count). The summed E-state index contributed by atoms with van der Waals surface area (Å²) in [7, 11) is 1.49. The van der Waals surface area contributed by atoms with Gasteiger partial charge < -0.3 is 15.4 Å². The number of amides is 2. The molecule has 2 N–H and O–H groups in total. The van der Waals surface area contributed by atoms with Gasteiger partial charge in [0.1, 0.15) is 11.6 Å². The number of halogens is 2. The van der Waals surface area contributed by atoms with E-state index in [1.54, 1.807) is 54.6 Å². The zero-order valence-corrected chi connectivity index (χ0v) is 18.5. The third-order valence-electron chi connectivity index (χ3n) is 5.06. The highest BCUT2D eigenvalue weighted by Gasteiger charge is 2.21. The predicted molar refractivity (Wildman–Crippen MR) is 124 cm³/mol. The number of carbonyl (C=O) groups excluding carboxylic acids is 2. The minimum atomic E-state index is -0.402. The molecule has 4 aromatic rings. The Labute approximate surface area is 193 Å². The number of benzene rings is 3. The second kappa shape index (κ2) is 9.89. The lowest BCUT2D eigenvalue weighted by Gasteiger charge is -2.09. The van der Waals surface area contributed by atoms with E-state index in [0.717, 1.165) is 0 Å². The number of anilines is 1. The van der Waals surface area contributed by atoms with Gasteiger partial charge in [-0.3, -0.25) is 9.59 Å². The minimum Gasteiger partial charge on any atom is -0.380 e. The van der Waals surface area contributed by atoms with Gasteiger partial charge in [-0.05, 0) is 42.5 Å². The first kappa shape index (κ1) is 22.6. The van der Waals surface area contributed by atoms with Gasteiger partial charge in [0.05, 0.1) is 11.5 Å². The molecule has 0 aliphatic carbocycles. The van der Waals surface area contributed by atoms with E-state index in [1.165, 1.54) is 30.6 Å². The van der Waals surface area contributed by atoms with Gasteiger partial charge in [0, 0.05) is 46.1 Å². The lowest BCUT2D eigenvalue weighted by Crippen LogP contribution is -2.23. The van der Waals surface area contributed by atoms with Crippen molar-refractivity contribution in [2.45, 2.75) is 13.2 Å². The van der Waals surface area contributed by atoms with Crippen LogP contribution >= 0.6 is 11.3 Å². The number of fused-ring (bicyclic) bond motifs is 1. The molecule has 33 heavy (non-hydrogen) atoms. The molecule has 168 valence electrons. The summed E-state index contributed by atoms with van der Waals surface area (Å²) in [6, 6.07) is 17.3. The van der Waals surface area contributed by atoms with E-state index in [0.29, 0.717) is 37.3 Å². The predicted octanol–water partition coefficient (Wildman–Crippen LogP) is 5.51. The van der Waals surface area contributed by atoms with E-state index in [9.17, 15) is 18.4 Å². The van der Waals surface area contributed by atoms with Crippen LogP contribution in [0.2, 0.25) is 0 Å². The molecule has 0 fully saturated rings. The van der Waals surface area contributed by atoms with Gasteiger partial charge in [0.15, 0.2) is 0 Å². The third kappa shape index (κ3) is 4.92. The van der Waals surface area contributed by atoms with E-state index >= 15 is 0 Å². The number of carbonyl (C=O) groups is 2. The molecule has 0 radical (unpaired) electrons. The second-order valence-electron chi connectivity index (χ2n) is 7.26. The van der Waals surface area contributed by atoms with Crippen molar-refractivity contribution in [3.63, 3.8) is 0 Å². The van der Waals surface area contributed by atoms with Crippen molar-refractivity contribution < 1.29 is 23.1 Å². The number of hydrogen-bond donors (Lipinski definition) is 2. The standard InChI is InChI=1S/C25H20F2N2O3S/c1-32-14-18-22-20(27)7-4-8-21(22)33-23(18)25(31)29-17-11-9-15(10-12-17)24(30)28-13-16-5-2-3-6-19(16)26/h2-12H,13-14H2,1H3,(H,28,30)(H,29,31). The molecule has 2 amide bonds. The Morgan fingerprint density at radius 1 is 0.909 bits per heavy atom. The summed E-state index contributed by atoms with van der Waals surface area (Å²) in [5.74, 6) is -1.54. The highest BCUT2D eigenvalue weighted by molar-refractivity contribution is 7.21. The van der Waals surface area contributed by atoms with Crippen molar-refractivity contribution in [3.05, 3.63) is 99.9 Å². The molecule has 1 aromatic heterocycles. The molecular formula is C25H20F2N2O3S. The molecule has 0 spiro atoms. The summed E-state index contributed by atoms with van der Waals surface area (Å²) >= 11 is 1.19. The molecular weight excluding hydrogens is 446 g/mol. The van der Waals surface area contributed by atoms with Crippen LogP contribution in [0, 0.1) is 11.6 Å². The van der Waals surface area contributed by atoms with Crippen molar-refractivity contribution in [3.8, 4) is 0 Å². The zero-order valence-electron chi connectivity index (χ0n) is 17.7. The number of rotatable bonds is 7. The molecule has 0 aliphatic rings. The molecule has 3 aromatic carbocycles. The smallest absolute Gasteiger partial charge is 0.266 e. The Bertz CT molecular complexity index is 1320. The summed E-state index contributed by atoms with van der Waals surface area (Å²) in [5.41, 5.74) is 1.74. The molecule has 8 heteroatoms. The molecule has 5 nitrogen and oxygen atoms in total. The molecule has 0 bridgehead atoms. The van der Waals surface area contributed by atoms with E-state index in [1.807, 2.05) is 0 Å². The number of methoxy groups -OCH3 is 1. The van der Waals surface area contributed by atoms with Crippen molar-refractivity contribution in [1.82, 2.24) is 5.32 Å². The maximum Gasteiger partial charge on any atom is 0.266 e. The zero-order chi connectivity index (χ0) is 23.4. The van der Waals surface area contributed by atoms with E-state index in [2.05, 4.69) is 10.6 Å². The fourth-order valence-corrected chi connectivity index (χ4v) is 4.56. The Balaban J connectivity index is 1.46. The van der Waals surface area contributed by atoms with Crippen molar-refractivity contribution >= 4 is 38.9 Å². The average molecular weight is 467 g/mol. The minimum absolute atomic E-state index is 0.0643. The van der Waals surface area contributed by atoms with Crippen LogP contribution in [0.25, 0.3) is 10.1 Å². The van der Waals surface area contributed by atoms with Gasteiger partial charge in [-0.1, -0.05) is 24.3 Å². The van der Waals surface area contributed by atoms with Crippen LogP contribution in [0.15, 0.2) is 66.7 Å². The summed E-state index contributed by atoms with van der Waals surface area (Å²) in [5, 5.41) is 5.84. The van der Waals surface area contributed by atoms with Crippen molar-refractivity contribution in [2.24, 2.45) is 0 Å². The van der Waals surface area contributed by atoms with Gasteiger partial charge in [0.25, 0.3) is 11.8 Å². The molecule has 1 heterocycles. The van der Waals surface area contributed by atoms with E-state index in [4.69, 9.17) is 4.74 Å². The molecule has 0 aliphatic heterocycles. The number of nitrogens with one attached hydrogen (secondary N) is 2. The molecule has 0 unspecified atom stereocenters. The number of hydrogen-bond acceptors (Lipinski definition) is 4. The van der Waals surface area contributed by atoms with Crippen LogP contribution in [0.3, 0.4) is 0 Å². The summed E-state index contributed by atoms with van der Waals surface area (Å²) < 4.78 is 33.9. The largest absolute Gasteiger partial charge is 0.380 e. The summed E-state index contributed by atoms with van der Waals surface area (Å²) in [6.07, 6.45) is 0. The third-order valence-corrected chi connectivity index (χ3v) is 6.26. The first-order valence-corrected chi connectivity index (χ1v) is 10.9. The van der Waals surface area contributed by atoms with Crippen LogP contribution in [0.5, 0.6) is 0 Å². The van der Waals surface area contributed by atoms with E-state index in [-0.39, 0.29) is 30.8 Å². The Morgan fingerprint density at radius 2 is 1.64 bits per heavy atom. The maximum atomic E-state index is 14.3. The topological polar surface area (TPSA) is 67.4 Å². The number of ether oxygens (including phenoxy) is 1. The number of thiophene rings is 1. The van der Waals surface area contributed by atoms with Crippen LogP contribution in [0.4, 0.5) is 14.5 Å². The fourth-order valence-electron chi connectivity index (χ4n) is 3.44. The van der Waals surface area contributed by atoms with Crippen LogP contribution in [-0.2, 0) is 17.9 Å². The van der Waals surface area contributed by atoms with Gasteiger partial charge in [0.2, 0.25) is 0 Å². The van der Waals surface area contributed by atoms with Gasteiger partial charge in [-0.15, -0.1) is 11.3 Å². The van der Waals surface area contributed by atoms with Crippen molar-refractivity contribution in [2.75, 3.05) is 12.4 Å². The van der Waals surface area contributed by atoms with E-state index < -0.39 is 5.82 Å². The summed E-state index contributed by atoms with van der Waals surface area (Å²) in [6.45, 7) is 0.166. The van der Waals surface area contributed by atoms with Gasteiger partial charge >= 0.3 is 0 Å². The molecule has 0 saturated heterocycles. The normalized spacial score (nSPS) is 10.9. The second-order valence-corrected chi connectivity index (χ2v) is 8.31. The molecule has 0 atom stereocenters. The molecule has 0 saturated carbocycles. The highest BCUT2D eigenvalue weighted by Crippen LogP contribution is 2.34. The monoisotopic (exact) mass is 466 g/mol. The Kier molecular flexibility index (Phi) is 6.76. The van der Waals surface area contributed by atoms with Crippen molar-refractivity contribution in [1.29, 1.82) is 0 Å². The first-order valence-electron chi connectivity index (χ1n) is 10.1. The lowest BCUT2D eigenvalue weighted by molar-refractivity contribution is 0.0950. The van der Waals surface area contributed by atoms with Crippen LogP contribution in [0.1, 0.15) is 31.2 Å². The summed E-state index contributed by atoms with van der Waals surface area (Å²) in [4.78, 5) is 25.6. The first-order chi connectivity index (χ1) is 16.0. The Morgan fingerprint density at radius 3 is 2.36 bits per heavy atom. The maximum absolute atomic E-state index is 14.3. The fraction of sp³-hybridized carbons (Fsp3) is 0.120. The average Bonchev–Trinajstić information content (AvgIpc) is 3.19. The SMILES string of the molecule is COCc1c(C(=O)Nc2ccc(C(=O)NCc3ccccc3F)cc2)sc2cccc(F)c12. The van der Waals surface area contributed by atoms with Gasteiger partial charge in [-0.25, -0.2) is 8.78 Å². The van der Waals surface area contributed by atoms with Gasteiger partial charge in [-0.2, -0.15) is 0 Å². The lowest BCUT2D eigenvalue weighted by atomic mass is 10.1. The van der Waals surface area contributed by atoms with Crippen LogP contribution < -0.4 is 10.6 Å².